The summed E-state index contributed by atoms with van der Waals surface area (Å²) >= 11 is 5.99. The fraction of sp³-hybridized carbons (Fsp3) is 0.350. The largest absolute Gasteiger partial charge is 0.377 e. The van der Waals surface area contributed by atoms with E-state index in [1.807, 2.05) is 13.0 Å². The van der Waals surface area contributed by atoms with E-state index in [4.69, 9.17) is 11.6 Å². The standard InChI is InChI=1S/C20H23ClN2O3S/c1-15-5-8-17(21)13-19(15)22-14-20(24)16-6-9-18(10-7-16)27(25,26)23-11-3-2-4-12-23/h5-10,13,22H,2-4,11-12,14H2,1H3. The number of aryl methyl sites for hydroxylation is 1. The van der Waals surface area contributed by atoms with E-state index in [0.29, 0.717) is 23.7 Å². The zero-order valence-corrected chi connectivity index (χ0v) is 16.8. The Morgan fingerprint density at radius 1 is 1.07 bits per heavy atom. The van der Waals surface area contributed by atoms with Crippen molar-refractivity contribution >= 4 is 33.1 Å². The maximum Gasteiger partial charge on any atom is 0.243 e. The highest BCUT2D eigenvalue weighted by molar-refractivity contribution is 7.89. The molecule has 1 N–H and O–H groups in total. The van der Waals surface area contributed by atoms with Gasteiger partial charge in [0.05, 0.1) is 11.4 Å². The Kier molecular flexibility index (Phi) is 6.19. The molecule has 3 rings (SSSR count). The van der Waals surface area contributed by atoms with Gasteiger partial charge in [0.15, 0.2) is 5.78 Å². The third-order valence-electron chi connectivity index (χ3n) is 4.77. The molecule has 2 aromatic carbocycles. The molecular formula is C20H23ClN2O3S. The predicted molar refractivity (Wildman–Crippen MR) is 108 cm³/mol. The second-order valence-corrected chi connectivity index (χ2v) is 9.10. The van der Waals surface area contributed by atoms with E-state index in [9.17, 15) is 13.2 Å². The van der Waals surface area contributed by atoms with Crippen molar-refractivity contribution in [1.82, 2.24) is 4.31 Å². The maximum atomic E-state index is 12.7. The number of nitrogens with one attached hydrogen (secondary N) is 1. The Morgan fingerprint density at radius 3 is 2.41 bits per heavy atom. The van der Waals surface area contributed by atoms with E-state index in [0.717, 1.165) is 30.5 Å². The van der Waals surface area contributed by atoms with Crippen molar-refractivity contribution in [2.75, 3.05) is 25.0 Å². The molecular weight excluding hydrogens is 384 g/mol. The summed E-state index contributed by atoms with van der Waals surface area (Å²) in [5.74, 6) is -0.115. The van der Waals surface area contributed by atoms with E-state index in [-0.39, 0.29) is 17.2 Å². The smallest absolute Gasteiger partial charge is 0.243 e. The molecule has 0 amide bonds. The number of benzene rings is 2. The molecule has 0 spiro atoms. The molecule has 0 radical (unpaired) electrons. The molecule has 0 saturated carbocycles. The van der Waals surface area contributed by atoms with Gasteiger partial charge in [0.1, 0.15) is 0 Å². The Labute approximate surface area is 165 Å². The van der Waals surface area contributed by atoms with Crippen LogP contribution in [0.4, 0.5) is 5.69 Å². The van der Waals surface area contributed by atoms with Crippen molar-refractivity contribution in [3.63, 3.8) is 0 Å². The second-order valence-electron chi connectivity index (χ2n) is 6.73. The summed E-state index contributed by atoms with van der Waals surface area (Å²) < 4.78 is 26.9. The molecule has 0 bridgehead atoms. The average molecular weight is 407 g/mol. The van der Waals surface area contributed by atoms with Crippen molar-refractivity contribution in [2.45, 2.75) is 31.1 Å². The van der Waals surface area contributed by atoms with Crippen LogP contribution in [-0.4, -0.2) is 38.1 Å². The summed E-state index contributed by atoms with van der Waals surface area (Å²) in [7, 11) is -3.48. The van der Waals surface area contributed by atoms with Crippen LogP contribution in [0.25, 0.3) is 0 Å². The lowest BCUT2D eigenvalue weighted by Gasteiger charge is -2.25. The molecule has 1 fully saturated rings. The van der Waals surface area contributed by atoms with Crippen LogP contribution in [-0.2, 0) is 10.0 Å². The van der Waals surface area contributed by atoms with Crippen LogP contribution in [0.1, 0.15) is 35.2 Å². The van der Waals surface area contributed by atoms with Gasteiger partial charge in [-0.3, -0.25) is 4.79 Å². The lowest BCUT2D eigenvalue weighted by Crippen LogP contribution is -2.35. The number of halogens is 1. The molecule has 1 aliphatic rings. The van der Waals surface area contributed by atoms with Crippen LogP contribution in [0.2, 0.25) is 5.02 Å². The van der Waals surface area contributed by atoms with Gasteiger partial charge in [0.25, 0.3) is 0 Å². The van der Waals surface area contributed by atoms with Crippen molar-refractivity contribution in [2.24, 2.45) is 0 Å². The number of hydrogen-bond acceptors (Lipinski definition) is 4. The Bertz CT molecular complexity index is 921. The van der Waals surface area contributed by atoms with Gasteiger partial charge in [-0.25, -0.2) is 8.42 Å². The van der Waals surface area contributed by atoms with Crippen molar-refractivity contribution in [1.29, 1.82) is 0 Å². The van der Waals surface area contributed by atoms with Gasteiger partial charge in [0.2, 0.25) is 10.0 Å². The van der Waals surface area contributed by atoms with Crippen LogP contribution in [0.3, 0.4) is 0 Å². The van der Waals surface area contributed by atoms with Crippen LogP contribution >= 0.6 is 11.6 Å². The normalized spacial score (nSPS) is 15.5. The molecule has 0 atom stereocenters. The molecule has 144 valence electrons. The minimum atomic E-state index is -3.48. The van der Waals surface area contributed by atoms with Gasteiger partial charge in [-0.05, 0) is 61.7 Å². The zero-order valence-electron chi connectivity index (χ0n) is 15.2. The summed E-state index contributed by atoms with van der Waals surface area (Å²) in [5, 5.41) is 3.69. The molecule has 1 saturated heterocycles. The van der Waals surface area contributed by atoms with Gasteiger partial charge in [-0.15, -0.1) is 0 Å². The Hall–Kier alpha value is -1.89. The lowest BCUT2D eigenvalue weighted by atomic mass is 10.1. The number of anilines is 1. The number of rotatable bonds is 6. The van der Waals surface area contributed by atoms with Gasteiger partial charge in [-0.2, -0.15) is 4.31 Å². The van der Waals surface area contributed by atoms with E-state index >= 15 is 0 Å². The number of piperidine rings is 1. The number of carbonyl (C=O) groups excluding carboxylic acids is 1. The van der Waals surface area contributed by atoms with Gasteiger partial charge in [-0.1, -0.05) is 24.1 Å². The number of Topliss-reactive ketones (excluding diaryl/α,β-unsaturated/α-hetero) is 1. The summed E-state index contributed by atoms with van der Waals surface area (Å²) in [6.07, 6.45) is 2.85. The summed E-state index contributed by atoms with van der Waals surface area (Å²) in [5.41, 5.74) is 2.27. The molecule has 1 aliphatic heterocycles. The number of sulfonamides is 1. The van der Waals surface area contributed by atoms with Crippen molar-refractivity contribution in [3.8, 4) is 0 Å². The quantitative estimate of drug-likeness (QED) is 0.733. The van der Waals surface area contributed by atoms with Gasteiger partial charge < -0.3 is 5.32 Å². The van der Waals surface area contributed by atoms with E-state index in [1.54, 1.807) is 24.3 Å². The first-order chi connectivity index (χ1) is 12.9. The predicted octanol–water partition coefficient (Wildman–Crippen LogP) is 4.12. The Morgan fingerprint density at radius 2 is 1.74 bits per heavy atom. The number of ketones is 1. The van der Waals surface area contributed by atoms with Crippen LogP contribution in [0.5, 0.6) is 0 Å². The minimum Gasteiger partial charge on any atom is -0.377 e. The molecule has 0 aliphatic carbocycles. The second kappa shape index (κ2) is 8.42. The molecule has 5 nitrogen and oxygen atoms in total. The molecule has 2 aromatic rings. The van der Waals surface area contributed by atoms with E-state index in [1.165, 1.54) is 16.4 Å². The molecule has 27 heavy (non-hydrogen) atoms. The first-order valence-corrected chi connectivity index (χ1v) is 10.8. The van der Waals surface area contributed by atoms with Crippen LogP contribution in [0.15, 0.2) is 47.4 Å². The molecule has 7 heteroatoms. The molecule has 0 unspecified atom stereocenters. The van der Waals surface area contributed by atoms with E-state index in [2.05, 4.69) is 5.32 Å². The number of nitrogens with zero attached hydrogens (tertiary/aromatic N) is 1. The fourth-order valence-electron chi connectivity index (χ4n) is 3.13. The topological polar surface area (TPSA) is 66.5 Å². The van der Waals surface area contributed by atoms with Crippen molar-refractivity contribution in [3.05, 3.63) is 58.6 Å². The lowest BCUT2D eigenvalue weighted by molar-refractivity contribution is 0.101. The third-order valence-corrected chi connectivity index (χ3v) is 6.92. The minimum absolute atomic E-state index is 0.111. The summed E-state index contributed by atoms with van der Waals surface area (Å²) in [6, 6.07) is 11.6. The van der Waals surface area contributed by atoms with Crippen LogP contribution < -0.4 is 5.32 Å². The third kappa shape index (κ3) is 4.69. The highest BCUT2D eigenvalue weighted by Crippen LogP contribution is 2.22. The number of carbonyl (C=O) groups is 1. The highest BCUT2D eigenvalue weighted by atomic mass is 35.5. The van der Waals surface area contributed by atoms with Crippen molar-refractivity contribution < 1.29 is 13.2 Å². The van der Waals surface area contributed by atoms with E-state index < -0.39 is 10.0 Å². The molecule has 0 aromatic heterocycles. The van der Waals surface area contributed by atoms with Crippen LogP contribution in [0, 0.1) is 6.92 Å². The first-order valence-electron chi connectivity index (χ1n) is 9.01. The summed E-state index contributed by atoms with van der Waals surface area (Å²) in [4.78, 5) is 12.7. The first kappa shape index (κ1) is 19.9. The monoisotopic (exact) mass is 406 g/mol. The maximum absolute atomic E-state index is 12.7. The van der Waals surface area contributed by atoms with Gasteiger partial charge >= 0.3 is 0 Å². The molecule has 1 heterocycles. The zero-order chi connectivity index (χ0) is 19.4. The fourth-order valence-corrected chi connectivity index (χ4v) is 4.82. The number of hydrogen-bond donors (Lipinski definition) is 1. The summed E-state index contributed by atoms with van der Waals surface area (Å²) in [6.45, 7) is 3.17. The van der Waals surface area contributed by atoms with Gasteiger partial charge in [0, 0.05) is 29.4 Å². The SMILES string of the molecule is Cc1ccc(Cl)cc1NCC(=O)c1ccc(S(=O)(=O)N2CCCCC2)cc1. The highest BCUT2D eigenvalue weighted by Gasteiger charge is 2.25. The average Bonchev–Trinajstić information content (AvgIpc) is 2.69. The Balaban J connectivity index is 1.67.